The number of amides is 3. The fourth-order valence-electron chi connectivity index (χ4n) is 4.90. The van der Waals surface area contributed by atoms with Crippen LogP contribution in [0.3, 0.4) is 0 Å². The van der Waals surface area contributed by atoms with E-state index in [4.69, 9.17) is 0 Å². The Labute approximate surface area is 159 Å². The van der Waals surface area contributed by atoms with Crippen molar-refractivity contribution in [3.8, 4) is 0 Å². The van der Waals surface area contributed by atoms with Gasteiger partial charge in [0.25, 0.3) is 0 Å². The summed E-state index contributed by atoms with van der Waals surface area (Å²) in [4.78, 5) is 40.4. The molecule has 2 saturated heterocycles. The third kappa shape index (κ3) is 3.63. The maximum absolute atomic E-state index is 12.8. The third-order valence-corrected chi connectivity index (χ3v) is 6.54. The number of quaternary nitrogens is 1. The summed E-state index contributed by atoms with van der Waals surface area (Å²) in [5.74, 6) is 0.124. The van der Waals surface area contributed by atoms with Gasteiger partial charge in [0, 0.05) is 30.9 Å². The predicted octanol–water partition coefficient (Wildman–Crippen LogP) is 1.20. The number of nitrogens with zero attached hydrogens (tertiary/aromatic N) is 1. The number of nitrogens with one attached hydrogen (secondary N) is 2. The molecule has 0 radical (unpaired) electrons. The molecule has 27 heavy (non-hydrogen) atoms. The summed E-state index contributed by atoms with van der Waals surface area (Å²) in [5, 5.41) is 2.98. The number of benzene rings is 1. The summed E-state index contributed by atoms with van der Waals surface area (Å²) in [5.41, 5.74) is 0.442. The second-order valence-corrected chi connectivity index (χ2v) is 8.33. The number of carbonyl (C=O) groups is 3. The molecule has 0 aromatic heterocycles. The Balaban J connectivity index is 1.29. The predicted molar refractivity (Wildman–Crippen MR) is 101 cm³/mol. The van der Waals surface area contributed by atoms with Crippen LogP contribution in [0.5, 0.6) is 0 Å². The minimum absolute atomic E-state index is 0.000103. The van der Waals surface area contributed by atoms with E-state index < -0.39 is 0 Å². The van der Waals surface area contributed by atoms with E-state index in [9.17, 15) is 14.4 Å². The highest BCUT2D eigenvalue weighted by molar-refractivity contribution is 6.05. The van der Waals surface area contributed by atoms with Gasteiger partial charge in [0.15, 0.2) is 6.67 Å². The molecule has 2 N–H and O–H groups in total. The zero-order valence-corrected chi connectivity index (χ0v) is 15.7. The largest absolute Gasteiger partial charge is 0.326 e. The lowest BCUT2D eigenvalue weighted by Crippen LogP contribution is -3.14. The number of rotatable bonds is 4. The smallest absolute Gasteiger partial charge is 0.240 e. The van der Waals surface area contributed by atoms with Gasteiger partial charge in [-0.1, -0.05) is 31.0 Å². The van der Waals surface area contributed by atoms with Crippen molar-refractivity contribution in [2.75, 3.05) is 25.1 Å². The van der Waals surface area contributed by atoms with E-state index in [-0.39, 0.29) is 29.1 Å². The van der Waals surface area contributed by atoms with Gasteiger partial charge in [-0.25, -0.2) is 4.90 Å². The average molecular weight is 370 g/mol. The first-order valence-corrected chi connectivity index (χ1v) is 10.1. The van der Waals surface area contributed by atoms with Crippen molar-refractivity contribution >= 4 is 23.4 Å². The summed E-state index contributed by atoms with van der Waals surface area (Å²) in [6.07, 6.45) is 5.82. The molecule has 3 aliphatic rings. The molecule has 1 aromatic carbocycles. The number of likely N-dealkylation sites (tertiary alicyclic amines) is 2. The molecular formula is C21H28N3O3+. The summed E-state index contributed by atoms with van der Waals surface area (Å²) in [6, 6.07) is 9.52. The van der Waals surface area contributed by atoms with Gasteiger partial charge in [-0.3, -0.25) is 14.4 Å². The van der Waals surface area contributed by atoms with Crippen molar-refractivity contribution < 1.29 is 19.3 Å². The van der Waals surface area contributed by atoms with Crippen molar-refractivity contribution in [1.82, 2.24) is 4.90 Å². The highest BCUT2D eigenvalue weighted by Crippen LogP contribution is 2.46. The van der Waals surface area contributed by atoms with Gasteiger partial charge in [0.1, 0.15) is 0 Å². The van der Waals surface area contributed by atoms with Crippen LogP contribution in [-0.2, 0) is 14.4 Å². The molecule has 6 nitrogen and oxygen atoms in total. The average Bonchev–Trinajstić information content (AvgIpc) is 3.24. The number of para-hydroxylation sites is 1. The van der Waals surface area contributed by atoms with Gasteiger partial charge in [-0.2, -0.15) is 0 Å². The highest BCUT2D eigenvalue weighted by Gasteiger charge is 2.53. The molecule has 2 heterocycles. The lowest BCUT2D eigenvalue weighted by Gasteiger charge is -2.31. The van der Waals surface area contributed by atoms with Crippen LogP contribution in [0.2, 0.25) is 0 Å². The zero-order valence-electron chi connectivity index (χ0n) is 15.7. The van der Waals surface area contributed by atoms with Crippen LogP contribution >= 0.6 is 0 Å². The zero-order chi connectivity index (χ0) is 18.9. The molecule has 1 spiro atoms. The maximum Gasteiger partial charge on any atom is 0.240 e. The number of carbonyl (C=O) groups excluding carboxylic acids is 3. The van der Waals surface area contributed by atoms with Crippen LogP contribution in [-0.4, -0.2) is 42.4 Å². The van der Waals surface area contributed by atoms with Crippen molar-refractivity contribution in [2.45, 2.75) is 44.9 Å². The first kappa shape index (κ1) is 18.2. The first-order valence-electron chi connectivity index (χ1n) is 10.1. The molecular weight excluding hydrogens is 342 g/mol. The number of anilines is 1. The van der Waals surface area contributed by atoms with Gasteiger partial charge >= 0.3 is 0 Å². The Bertz CT molecular complexity index is 719. The molecule has 0 bridgehead atoms. The Morgan fingerprint density at radius 2 is 1.78 bits per heavy atom. The van der Waals surface area contributed by atoms with Crippen LogP contribution < -0.4 is 10.2 Å². The number of piperidine rings is 1. The fourth-order valence-corrected chi connectivity index (χ4v) is 4.90. The van der Waals surface area contributed by atoms with Gasteiger partial charge in [-0.15, -0.1) is 0 Å². The maximum atomic E-state index is 12.8. The second kappa shape index (κ2) is 7.43. The Morgan fingerprint density at radius 1 is 1.11 bits per heavy atom. The van der Waals surface area contributed by atoms with Crippen LogP contribution in [0, 0.1) is 11.3 Å². The normalized spacial score (nSPS) is 27.3. The minimum atomic E-state index is -0.385. The van der Waals surface area contributed by atoms with Crippen LogP contribution in [0.15, 0.2) is 30.3 Å². The number of hydrogen-bond acceptors (Lipinski definition) is 3. The van der Waals surface area contributed by atoms with Crippen molar-refractivity contribution in [3.63, 3.8) is 0 Å². The molecule has 3 fully saturated rings. The monoisotopic (exact) mass is 370 g/mol. The topological polar surface area (TPSA) is 70.9 Å². The Morgan fingerprint density at radius 3 is 2.44 bits per heavy atom. The fraction of sp³-hybridized carbons (Fsp3) is 0.571. The molecule has 0 unspecified atom stereocenters. The molecule has 1 aliphatic carbocycles. The van der Waals surface area contributed by atoms with E-state index in [1.54, 1.807) is 0 Å². The van der Waals surface area contributed by atoms with E-state index in [0.29, 0.717) is 13.1 Å². The Hall–Kier alpha value is -2.21. The first-order chi connectivity index (χ1) is 13.1. The molecule has 2 aliphatic heterocycles. The molecule has 6 heteroatoms. The molecule has 3 amide bonds. The van der Waals surface area contributed by atoms with E-state index in [1.165, 1.54) is 9.80 Å². The highest BCUT2D eigenvalue weighted by atomic mass is 16.2. The second-order valence-electron chi connectivity index (χ2n) is 8.33. The van der Waals surface area contributed by atoms with Crippen LogP contribution in [0.1, 0.15) is 44.9 Å². The summed E-state index contributed by atoms with van der Waals surface area (Å²) < 4.78 is 0. The number of imide groups is 1. The van der Waals surface area contributed by atoms with E-state index in [2.05, 4.69) is 5.32 Å². The van der Waals surface area contributed by atoms with Gasteiger partial charge in [-0.05, 0) is 25.0 Å². The van der Waals surface area contributed by atoms with E-state index >= 15 is 0 Å². The third-order valence-electron chi connectivity index (χ3n) is 6.54. The van der Waals surface area contributed by atoms with Crippen molar-refractivity contribution in [1.29, 1.82) is 0 Å². The SMILES string of the molecule is O=C(Nc1ccccc1)C1CC[NH+](CN2C(=O)CC3(CCCC3)C2=O)CC1. The van der Waals surface area contributed by atoms with E-state index in [1.807, 2.05) is 30.3 Å². The van der Waals surface area contributed by atoms with Gasteiger partial charge in [0.05, 0.1) is 18.5 Å². The van der Waals surface area contributed by atoms with Crippen molar-refractivity contribution in [2.24, 2.45) is 11.3 Å². The van der Waals surface area contributed by atoms with Crippen LogP contribution in [0.25, 0.3) is 0 Å². The quantitative estimate of drug-likeness (QED) is 0.783. The molecule has 4 rings (SSSR count). The molecule has 144 valence electrons. The lowest BCUT2D eigenvalue weighted by atomic mass is 9.85. The summed E-state index contributed by atoms with van der Waals surface area (Å²) in [7, 11) is 0. The molecule has 1 saturated carbocycles. The Kier molecular flexibility index (Phi) is 5.00. The minimum Gasteiger partial charge on any atom is -0.326 e. The summed E-state index contributed by atoms with van der Waals surface area (Å²) in [6.45, 7) is 2.10. The lowest BCUT2D eigenvalue weighted by molar-refractivity contribution is -0.913. The van der Waals surface area contributed by atoms with Gasteiger partial charge in [0.2, 0.25) is 17.7 Å². The van der Waals surface area contributed by atoms with Gasteiger partial charge < -0.3 is 10.2 Å². The standard InChI is InChI=1S/C21H27N3O3/c25-18-14-21(10-4-5-11-21)20(27)24(18)15-23-12-8-16(9-13-23)19(26)22-17-6-2-1-3-7-17/h1-3,6-7,16H,4-5,8-15H2,(H,22,26)/p+1. The van der Waals surface area contributed by atoms with E-state index in [0.717, 1.165) is 57.3 Å². The summed E-state index contributed by atoms with van der Waals surface area (Å²) >= 11 is 0. The van der Waals surface area contributed by atoms with Crippen LogP contribution in [0.4, 0.5) is 5.69 Å². The van der Waals surface area contributed by atoms with Crippen molar-refractivity contribution in [3.05, 3.63) is 30.3 Å². The number of hydrogen-bond donors (Lipinski definition) is 2. The molecule has 0 atom stereocenters. The molecule has 1 aromatic rings.